The van der Waals surface area contributed by atoms with Gasteiger partial charge in [0.2, 0.25) is 0 Å². The van der Waals surface area contributed by atoms with Crippen molar-refractivity contribution >= 4 is 48.6 Å². The summed E-state index contributed by atoms with van der Waals surface area (Å²) in [7, 11) is 0. The van der Waals surface area contributed by atoms with E-state index in [1.165, 1.54) is 86.9 Å². The third-order valence-corrected chi connectivity index (χ3v) is 14.1. The van der Waals surface area contributed by atoms with Crippen molar-refractivity contribution in [3.63, 3.8) is 0 Å². The average Bonchev–Trinajstić information content (AvgIpc) is 3.89. The van der Waals surface area contributed by atoms with Gasteiger partial charge in [-0.05, 0) is 116 Å². The minimum absolute atomic E-state index is 0.418. The fourth-order valence-electron chi connectivity index (χ4n) is 10.2. The molecule has 0 saturated heterocycles. The van der Waals surface area contributed by atoms with Gasteiger partial charge in [-0.1, -0.05) is 194 Å². The molecule has 63 heavy (non-hydrogen) atoms. The number of benzene rings is 10. The minimum Gasteiger partial charge on any atom is -0.310 e. The number of para-hydroxylation sites is 2. The van der Waals surface area contributed by atoms with Crippen LogP contribution in [0.25, 0.3) is 64.7 Å². The summed E-state index contributed by atoms with van der Waals surface area (Å²) >= 11 is 1.86. The predicted molar refractivity (Wildman–Crippen MR) is 268 cm³/mol. The van der Waals surface area contributed by atoms with Gasteiger partial charge in [0.1, 0.15) is 0 Å². The molecule has 0 bridgehead atoms. The molecule has 0 radical (unpaired) electrons. The van der Waals surface area contributed by atoms with Crippen LogP contribution in [-0.4, -0.2) is 0 Å². The van der Waals surface area contributed by atoms with Crippen molar-refractivity contribution in [3.8, 4) is 44.5 Å². The molecule has 10 aromatic carbocycles. The number of thiophene rings is 1. The third kappa shape index (κ3) is 6.06. The van der Waals surface area contributed by atoms with Crippen molar-refractivity contribution in [2.45, 2.75) is 5.41 Å². The number of hydrogen-bond donors (Lipinski definition) is 0. The Balaban J connectivity index is 0.957. The maximum atomic E-state index is 2.42. The predicted octanol–water partition coefficient (Wildman–Crippen LogP) is 16.9. The maximum Gasteiger partial charge on any atom is 0.0713 e. The maximum absolute atomic E-state index is 2.42. The molecular weight excluding hydrogens is 779 g/mol. The van der Waals surface area contributed by atoms with Crippen molar-refractivity contribution in [1.82, 2.24) is 0 Å². The molecule has 1 aromatic heterocycles. The summed E-state index contributed by atoms with van der Waals surface area (Å²) in [5.74, 6) is 0. The van der Waals surface area contributed by atoms with Crippen molar-refractivity contribution in [2.24, 2.45) is 0 Å². The van der Waals surface area contributed by atoms with E-state index in [2.05, 4.69) is 254 Å². The monoisotopic (exact) mass is 819 g/mol. The van der Waals surface area contributed by atoms with Gasteiger partial charge in [-0.2, -0.15) is 0 Å². The molecule has 0 aliphatic heterocycles. The van der Waals surface area contributed by atoms with Crippen LogP contribution in [0.15, 0.2) is 249 Å². The van der Waals surface area contributed by atoms with E-state index in [1.54, 1.807) is 0 Å². The number of rotatable bonds is 8. The molecule has 1 heterocycles. The number of nitrogens with zero attached hydrogens (tertiary/aromatic N) is 1. The van der Waals surface area contributed by atoms with Crippen molar-refractivity contribution < 1.29 is 0 Å². The van der Waals surface area contributed by atoms with Crippen molar-refractivity contribution in [2.75, 3.05) is 4.90 Å². The van der Waals surface area contributed by atoms with Gasteiger partial charge in [-0.3, -0.25) is 0 Å². The zero-order valence-corrected chi connectivity index (χ0v) is 35.3. The molecule has 11 aromatic rings. The lowest BCUT2D eigenvalue weighted by molar-refractivity contribution is 0.768. The normalized spacial score (nSPS) is 12.6. The first-order valence-corrected chi connectivity index (χ1v) is 22.5. The van der Waals surface area contributed by atoms with Crippen LogP contribution in [0.4, 0.5) is 17.1 Å². The number of hydrogen-bond acceptors (Lipinski definition) is 2. The lowest BCUT2D eigenvalue weighted by atomic mass is 9.67. The highest BCUT2D eigenvalue weighted by atomic mass is 32.1. The van der Waals surface area contributed by atoms with Gasteiger partial charge in [-0.25, -0.2) is 0 Å². The Morgan fingerprint density at radius 2 is 0.857 bits per heavy atom. The van der Waals surface area contributed by atoms with Gasteiger partial charge in [0.25, 0.3) is 0 Å². The largest absolute Gasteiger partial charge is 0.310 e. The summed E-state index contributed by atoms with van der Waals surface area (Å²) in [6.45, 7) is 0. The summed E-state index contributed by atoms with van der Waals surface area (Å²) in [4.78, 5) is 2.39. The van der Waals surface area contributed by atoms with E-state index in [9.17, 15) is 0 Å². The van der Waals surface area contributed by atoms with E-state index in [4.69, 9.17) is 0 Å². The Bertz CT molecular complexity index is 3400. The second-order valence-electron chi connectivity index (χ2n) is 16.4. The van der Waals surface area contributed by atoms with Crippen molar-refractivity contribution in [1.29, 1.82) is 0 Å². The van der Waals surface area contributed by atoms with Gasteiger partial charge in [0.05, 0.1) is 11.1 Å². The van der Waals surface area contributed by atoms with E-state index < -0.39 is 5.41 Å². The quantitative estimate of drug-likeness (QED) is 0.148. The third-order valence-electron chi connectivity index (χ3n) is 13.0. The molecular formula is C61H41NS. The average molecular weight is 820 g/mol. The Labute approximate surface area is 372 Å². The summed E-state index contributed by atoms with van der Waals surface area (Å²) < 4.78 is 2.64. The van der Waals surface area contributed by atoms with Crippen LogP contribution in [-0.2, 0) is 5.41 Å². The molecule has 296 valence electrons. The van der Waals surface area contributed by atoms with Crippen LogP contribution in [0.5, 0.6) is 0 Å². The molecule has 1 aliphatic rings. The summed E-state index contributed by atoms with van der Waals surface area (Å²) in [6, 6.07) is 91.3. The molecule has 2 heteroatoms. The topological polar surface area (TPSA) is 3.24 Å². The molecule has 0 spiro atoms. The van der Waals surface area contributed by atoms with Gasteiger partial charge in [0, 0.05) is 37.1 Å². The molecule has 0 atom stereocenters. The SMILES string of the molecule is c1ccc(N(c2ccc(-c3cccc4sc5ccccc5c34)cc2)c2ccccc2-c2cccc(-c3ccc4c(c3)-c3ccccc3C4(c3ccccc3)c3ccccc3)c2)cc1. The van der Waals surface area contributed by atoms with E-state index in [-0.39, 0.29) is 0 Å². The molecule has 12 rings (SSSR count). The fourth-order valence-corrected chi connectivity index (χ4v) is 11.3. The zero-order valence-electron chi connectivity index (χ0n) is 34.5. The van der Waals surface area contributed by atoms with Gasteiger partial charge >= 0.3 is 0 Å². The number of anilines is 3. The van der Waals surface area contributed by atoms with E-state index in [0.717, 1.165) is 17.1 Å². The highest BCUT2D eigenvalue weighted by Crippen LogP contribution is 2.57. The molecule has 0 unspecified atom stereocenters. The van der Waals surface area contributed by atoms with Gasteiger partial charge in [-0.15, -0.1) is 11.3 Å². The minimum atomic E-state index is -0.418. The number of fused-ring (bicyclic) bond motifs is 6. The fraction of sp³-hybridized carbons (Fsp3) is 0.0164. The molecule has 0 N–H and O–H groups in total. The first kappa shape index (κ1) is 37.0. The summed E-state index contributed by atoms with van der Waals surface area (Å²) in [5, 5.41) is 2.65. The lowest BCUT2D eigenvalue weighted by Crippen LogP contribution is -2.28. The first-order valence-electron chi connectivity index (χ1n) is 21.7. The van der Waals surface area contributed by atoms with Crippen LogP contribution in [0.3, 0.4) is 0 Å². The van der Waals surface area contributed by atoms with Gasteiger partial charge < -0.3 is 4.90 Å². The Morgan fingerprint density at radius 1 is 0.317 bits per heavy atom. The molecule has 0 saturated carbocycles. The van der Waals surface area contributed by atoms with Gasteiger partial charge in [0.15, 0.2) is 0 Å². The van der Waals surface area contributed by atoms with Crippen molar-refractivity contribution in [3.05, 3.63) is 271 Å². The second kappa shape index (κ2) is 15.3. The standard InChI is InChI=1S/C61H41NS/c1-4-20-46(21-5-1)61(47-22-6-2-7-23-47)55-30-13-10-27-52(55)54-41-44(36-39-56(54)61)43-18-16-19-45(40-43)50-26-11-14-31-57(50)62(48-24-8-3-9-25-48)49-37-34-42(35-38-49)51-29-17-33-59-60(51)53-28-12-15-32-58(53)63-59/h1-41H. The van der Waals surface area contributed by atoms with Crippen LogP contribution < -0.4 is 4.90 Å². The second-order valence-corrected chi connectivity index (χ2v) is 17.5. The van der Waals surface area contributed by atoms with Crippen LogP contribution in [0.2, 0.25) is 0 Å². The Morgan fingerprint density at radius 3 is 1.63 bits per heavy atom. The molecule has 0 amide bonds. The summed E-state index contributed by atoms with van der Waals surface area (Å²) in [5.41, 5.74) is 17.9. The van der Waals surface area contributed by atoms with E-state index in [1.807, 2.05) is 11.3 Å². The van der Waals surface area contributed by atoms with E-state index >= 15 is 0 Å². The van der Waals surface area contributed by atoms with Crippen LogP contribution >= 0.6 is 11.3 Å². The molecule has 1 aliphatic carbocycles. The smallest absolute Gasteiger partial charge is 0.0713 e. The lowest BCUT2D eigenvalue weighted by Gasteiger charge is -2.33. The highest BCUT2D eigenvalue weighted by Gasteiger charge is 2.46. The van der Waals surface area contributed by atoms with E-state index in [0.29, 0.717) is 0 Å². The first-order chi connectivity index (χ1) is 31.3. The molecule has 1 nitrogen and oxygen atoms in total. The summed E-state index contributed by atoms with van der Waals surface area (Å²) in [6.07, 6.45) is 0. The Kier molecular flexibility index (Phi) is 8.98. The van der Waals surface area contributed by atoms with Crippen LogP contribution in [0, 0.1) is 0 Å². The highest BCUT2D eigenvalue weighted by molar-refractivity contribution is 7.25. The zero-order chi connectivity index (χ0) is 41.7. The van der Waals surface area contributed by atoms with Crippen LogP contribution in [0.1, 0.15) is 22.3 Å². The Hall–Kier alpha value is -7.78. The molecule has 0 fully saturated rings.